The third-order valence-corrected chi connectivity index (χ3v) is 7.89. The van der Waals surface area contributed by atoms with E-state index in [9.17, 15) is 10.1 Å². The van der Waals surface area contributed by atoms with Gasteiger partial charge in [0.1, 0.15) is 23.4 Å². The lowest BCUT2D eigenvalue weighted by atomic mass is 10.0. The van der Waals surface area contributed by atoms with E-state index in [2.05, 4.69) is 46.3 Å². The summed E-state index contributed by atoms with van der Waals surface area (Å²) in [6.45, 7) is 4.75. The average molecular weight is 575 g/mol. The van der Waals surface area contributed by atoms with Crippen molar-refractivity contribution in [3.8, 4) is 17.3 Å². The van der Waals surface area contributed by atoms with Gasteiger partial charge in [-0.15, -0.1) is 0 Å². The number of aromatic nitrogens is 6. The summed E-state index contributed by atoms with van der Waals surface area (Å²) in [6, 6.07) is 14.2. The van der Waals surface area contributed by atoms with Crippen molar-refractivity contribution in [2.24, 2.45) is 7.05 Å². The second kappa shape index (κ2) is 11.7. The summed E-state index contributed by atoms with van der Waals surface area (Å²) in [5, 5.41) is 18.3. The van der Waals surface area contributed by atoms with E-state index in [-0.39, 0.29) is 11.9 Å². The van der Waals surface area contributed by atoms with Gasteiger partial charge in [-0.05, 0) is 38.2 Å². The molecule has 0 radical (unpaired) electrons. The van der Waals surface area contributed by atoms with Gasteiger partial charge in [0, 0.05) is 57.6 Å². The van der Waals surface area contributed by atoms with Gasteiger partial charge in [-0.1, -0.05) is 35.9 Å². The maximum atomic E-state index is 13.6. The van der Waals surface area contributed by atoms with Crippen LogP contribution in [-0.2, 0) is 18.3 Å². The fraction of sp³-hybridized carbons (Fsp3) is 0.312. The average Bonchev–Trinajstić information content (AvgIpc) is 3.64. The maximum Gasteiger partial charge on any atom is 0.244 e. The summed E-state index contributed by atoms with van der Waals surface area (Å²) in [4.78, 5) is 29.4. The Morgan fingerprint density at radius 3 is 2.51 bits per heavy atom. The first kappa shape index (κ1) is 28.1. The number of amides is 1. The predicted molar refractivity (Wildman–Crippen MR) is 163 cm³/mol. The molecular formula is C32H34N10O. The Morgan fingerprint density at radius 2 is 1.86 bits per heavy atom. The van der Waals surface area contributed by atoms with Gasteiger partial charge in [0.15, 0.2) is 0 Å². The van der Waals surface area contributed by atoms with Crippen LogP contribution in [0.1, 0.15) is 34.0 Å². The third kappa shape index (κ3) is 5.69. The Kier molecular flexibility index (Phi) is 7.61. The minimum Gasteiger partial charge on any atom is -0.353 e. The largest absolute Gasteiger partial charge is 0.353 e. The molecule has 1 aliphatic heterocycles. The molecule has 0 bridgehead atoms. The second-order valence-corrected chi connectivity index (χ2v) is 11.2. The first-order valence-electron chi connectivity index (χ1n) is 14.3. The van der Waals surface area contributed by atoms with Crippen molar-refractivity contribution in [2.45, 2.75) is 19.4 Å². The van der Waals surface area contributed by atoms with Crippen LogP contribution in [0.3, 0.4) is 0 Å². The Balaban J connectivity index is 1.16. The fourth-order valence-corrected chi connectivity index (χ4v) is 5.72. The SMILES string of the molecule is Cc1cccc([C@@H](C(=O)N2CCN(c3ccc(Cc4nc(-c5cnn(C)c5)cn5ncc(C#N)c45)cn3)CC2)N(C)C)c1. The molecule has 1 amide bonds. The Hall–Kier alpha value is -5.08. The number of fused-ring (bicyclic) bond motifs is 1. The lowest BCUT2D eigenvalue weighted by molar-refractivity contribution is -0.136. The Labute approximate surface area is 250 Å². The minimum absolute atomic E-state index is 0.127. The summed E-state index contributed by atoms with van der Waals surface area (Å²) in [7, 11) is 5.77. The standard InChI is InChI=1S/C32H34N10O/c1-22-6-5-7-24(14-22)31(38(2)3)32(43)41-12-10-40(11-13-41)29-9-8-23(17-34-29)15-27-30-25(16-33)18-36-42(30)21-28(37-27)26-19-35-39(4)20-26/h5-9,14,17-21,31H,10-13,15H2,1-4H3/t31-/m0/s1. The molecule has 0 N–H and O–H groups in total. The highest BCUT2D eigenvalue weighted by Gasteiger charge is 2.30. The quantitative estimate of drug-likeness (QED) is 0.291. The molecular weight excluding hydrogens is 540 g/mol. The molecule has 0 spiro atoms. The summed E-state index contributed by atoms with van der Waals surface area (Å²) in [5.74, 6) is 1.01. The van der Waals surface area contributed by atoms with Crippen molar-refractivity contribution in [2.75, 3.05) is 45.2 Å². The van der Waals surface area contributed by atoms with Gasteiger partial charge in [0.05, 0.1) is 35.5 Å². The molecule has 0 unspecified atom stereocenters. The number of nitrogens with zero attached hydrogens (tertiary/aromatic N) is 10. The maximum absolute atomic E-state index is 13.6. The van der Waals surface area contributed by atoms with Crippen LogP contribution in [0.5, 0.6) is 0 Å². The van der Waals surface area contributed by atoms with Crippen molar-refractivity contribution in [1.29, 1.82) is 5.26 Å². The Morgan fingerprint density at radius 1 is 1.05 bits per heavy atom. The number of aryl methyl sites for hydroxylation is 2. The van der Waals surface area contributed by atoms with E-state index >= 15 is 0 Å². The highest BCUT2D eigenvalue weighted by atomic mass is 16.2. The van der Waals surface area contributed by atoms with Crippen LogP contribution in [0.15, 0.2) is 67.4 Å². The number of likely N-dealkylation sites (N-methyl/N-ethyl adjacent to an activating group) is 1. The van der Waals surface area contributed by atoms with E-state index in [1.165, 1.54) is 0 Å². The van der Waals surface area contributed by atoms with Gasteiger partial charge < -0.3 is 9.80 Å². The number of hydrogen-bond donors (Lipinski definition) is 0. The number of hydrogen-bond acceptors (Lipinski definition) is 8. The van der Waals surface area contributed by atoms with E-state index < -0.39 is 0 Å². The van der Waals surface area contributed by atoms with Crippen LogP contribution < -0.4 is 4.90 Å². The van der Waals surface area contributed by atoms with Gasteiger partial charge in [-0.2, -0.15) is 15.5 Å². The zero-order valence-corrected chi connectivity index (χ0v) is 24.8. The highest BCUT2D eigenvalue weighted by molar-refractivity contribution is 5.83. The lowest BCUT2D eigenvalue weighted by Gasteiger charge is -2.38. The molecule has 0 saturated carbocycles. The zero-order chi connectivity index (χ0) is 30.1. The number of anilines is 1. The van der Waals surface area contributed by atoms with Crippen LogP contribution in [-0.4, -0.2) is 85.3 Å². The topological polar surface area (TPSA) is 111 Å². The number of piperazine rings is 1. The van der Waals surface area contributed by atoms with Crippen molar-refractivity contribution >= 4 is 17.2 Å². The first-order chi connectivity index (χ1) is 20.8. The van der Waals surface area contributed by atoms with Crippen molar-refractivity contribution in [3.05, 3.63) is 95.3 Å². The van der Waals surface area contributed by atoms with Crippen LogP contribution in [0, 0.1) is 18.3 Å². The number of pyridine rings is 1. The van der Waals surface area contributed by atoms with Crippen LogP contribution in [0.25, 0.3) is 16.8 Å². The summed E-state index contributed by atoms with van der Waals surface area (Å²) < 4.78 is 3.44. The molecule has 1 aliphatic rings. The summed E-state index contributed by atoms with van der Waals surface area (Å²) in [6.07, 6.45) is 9.42. The van der Waals surface area contributed by atoms with E-state index in [4.69, 9.17) is 9.97 Å². The van der Waals surface area contributed by atoms with Gasteiger partial charge >= 0.3 is 0 Å². The molecule has 11 nitrogen and oxygen atoms in total. The monoisotopic (exact) mass is 574 g/mol. The van der Waals surface area contributed by atoms with E-state index in [1.807, 2.05) is 67.7 Å². The van der Waals surface area contributed by atoms with Crippen LogP contribution >= 0.6 is 0 Å². The van der Waals surface area contributed by atoms with E-state index in [0.29, 0.717) is 43.7 Å². The molecule has 0 aliphatic carbocycles. The van der Waals surface area contributed by atoms with Crippen LogP contribution in [0.4, 0.5) is 5.82 Å². The smallest absolute Gasteiger partial charge is 0.244 e. The van der Waals surface area contributed by atoms with Gasteiger partial charge in [-0.25, -0.2) is 14.5 Å². The number of rotatable bonds is 7. The van der Waals surface area contributed by atoms with E-state index in [1.54, 1.807) is 21.6 Å². The van der Waals surface area contributed by atoms with Gasteiger partial charge in [0.2, 0.25) is 5.91 Å². The number of nitriles is 1. The lowest BCUT2D eigenvalue weighted by Crippen LogP contribution is -2.51. The first-order valence-corrected chi connectivity index (χ1v) is 14.3. The normalized spacial score (nSPS) is 14.3. The van der Waals surface area contributed by atoms with E-state index in [0.717, 1.165) is 39.5 Å². The molecule has 6 rings (SSSR count). The van der Waals surface area contributed by atoms with Crippen molar-refractivity contribution < 1.29 is 4.79 Å². The molecule has 5 heterocycles. The second-order valence-electron chi connectivity index (χ2n) is 11.2. The molecule has 1 fully saturated rings. The molecule has 1 saturated heterocycles. The number of carbonyl (C=O) groups is 1. The fourth-order valence-electron chi connectivity index (χ4n) is 5.72. The number of benzene rings is 1. The zero-order valence-electron chi connectivity index (χ0n) is 24.8. The molecule has 11 heteroatoms. The van der Waals surface area contributed by atoms with Crippen molar-refractivity contribution in [3.63, 3.8) is 0 Å². The minimum atomic E-state index is -0.307. The number of carbonyl (C=O) groups excluding carboxylic acids is 1. The molecule has 4 aromatic heterocycles. The predicted octanol–water partition coefficient (Wildman–Crippen LogP) is 3.25. The summed E-state index contributed by atoms with van der Waals surface area (Å²) >= 11 is 0. The molecule has 5 aromatic rings. The molecule has 1 aromatic carbocycles. The Bertz CT molecular complexity index is 1810. The molecule has 1 atom stereocenters. The third-order valence-electron chi connectivity index (χ3n) is 7.89. The van der Waals surface area contributed by atoms with Gasteiger partial charge in [0.25, 0.3) is 0 Å². The molecule has 218 valence electrons. The molecule has 43 heavy (non-hydrogen) atoms. The van der Waals surface area contributed by atoms with Gasteiger partial charge in [-0.3, -0.25) is 14.4 Å². The van der Waals surface area contributed by atoms with Crippen molar-refractivity contribution in [1.82, 2.24) is 39.2 Å². The summed E-state index contributed by atoms with van der Waals surface area (Å²) in [5.41, 5.74) is 6.69. The van der Waals surface area contributed by atoms with Crippen LogP contribution in [0.2, 0.25) is 0 Å². The highest BCUT2D eigenvalue weighted by Crippen LogP contribution is 2.26.